The molecule has 0 saturated carbocycles. The van der Waals surface area contributed by atoms with Crippen molar-refractivity contribution in [2.45, 2.75) is 0 Å². The summed E-state index contributed by atoms with van der Waals surface area (Å²) in [7, 11) is -5.88. The molecule has 4 N–H and O–H groups in total. The Labute approximate surface area is 92.3 Å². The summed E-state index contributed by atoms with van der Waals surface area (Å²) in [5, 5.41) is 4.44. The minimum atomic E-state index is -2.98. The molecule has 0 saturated heterocycles. The summed E-state index contributed by atoms with van der Waals surface area (Å²) >= 11 is 0. The summed E-state index contributed by atoms with van der Waals surface area (Å²) in [6.07, 6.45) is 0.513. The van der Waals surface area contributed by atoms with Crippen molar-refractivity contribution in [1.29, 1.82) is 0 Å². The second-order valence-electron chi connectivity index (χ2n) is 2.78. The molecule has 2 unspecified atom stereocenters. The third-order valence-electron chi connectivity index (χ3n) is 1.67. The average Bonchev–Trinajstić information content (AvgIpc) is 2.16. The lowest BCUT2D eigenvalue weighted by molar-refractivity contribution is 0.112. The Bertz CT molecular complexity index is 450. The van der Waals surface area contributed by atoms with Crippen molar-refractivity contribution < 1.29 is 23.7 Å². The van der Waals surface area contributed by atoms with E-state index in [-0.39, 0.29) is 16.9 Å². The first-order chi connectivity index (χ1) is 7.52. The van der Waals surface area contributed by atoms with Crippen LogP contribution in [0.3, 0.4) is 0 Å². The lowest BCUT2D eigenvalue weighted by atomic mass is 10.2. The first-order valence-corrected chi connectivity index (χ1v) is 6.83. The fraction of sp³-hybridized carbons (Fsp3) is 0. The van der Waals surface area contributed by atoms with Gasteiger partial charge in [-0.1, -0.05) is 0 Å². The van der Waals surface area contributed by atoms with E-state index in [0.29, 0.717) is 6.29 Å². The van der Waals surface area contributed by atoms with E-state index in [9.17, 15) is 13.9 Å². The third-order valence-corrected chi connectivity index (χ3v) is 2.66. The van der Waals surface area contributed by atoms with Gasteiger partial charge in [-0.05, 0) is 18.2 Å². The van der Waals surface area contributed by atoms with Gasteiger partial charge in [0, 0.05) is 11.3 Å². The maximum Gasteiger partial charge on any atom is 0.279 e. The number of hydrogen-bond donors (Lipinski definition) is 4. The van der Waals surface area contributed by atoms with Gasteiger partial charge in [-0.3, -0.25) is 13.9 Å². The van der Waals surface area contributed by atoms with E-state index in [2.05, 4.69) is 10.2 Å². The molecule has 0 heterocycles. The highest BCUT2D eigenvalue weighted by Crippen LogP contribution is 2.28. The topological polar surface area (TPSA) is 116 Å². The van der Waals surface area contributed by atoms with E-state index < -0.39 is 16.4 Å². The molecule has 1 aromatic carbocycles. The number of rotatable bonds is 5. The van der Waals surface area contributed by atoms with Crippen LogP contribution in [-0.4, -0.2) is 16.1 Å². The molecule has 0 spiro atoms. The van der Waals surface area contributed by atoms with Gasteiger partial charge in [0.25, 0.3) is 16.4 Å². The van der Waals surface area contributed by atoms with Crippen LogP contribution in [0.15, 0.2) is 18.2 Å². The lowest BCUT2D eigenvalue weighted by Crippen LogP contribution is -1.94. The number of hydrogen-bond acceptors (Lipinski definition) is 3. The zero-order chi connectivity index (χ0) is 12.1. The molecule has 1 rings (SSSR count). The molecule has 0 radical (unpaired) electrons. The van der Waals surface area contributed by atoms with E-state index in [1.165, 1.54) is 18.2 Å². The van der Waals surface area contributed by atoms with Crippen LogP contribution in [0.1, 0.15) is 10.4 Å². The van der Waals surface area contributed by atoms with Crippen molar-refractivity contribution >= 4 is 34.0 Å². The average molecular weight is 264 g/mol. The molecule has 0 aliphatic rings. The van der Waals surface area contributed by atoms with Crippen molar-refractivity contribution in [3.05, 3.63) is 23.8 Å². The molecule has 0 aliphatic carbocycles. The predicted octanol–water partition coefficient (Wildman–Crippen LogP) is 1.09. The molecule has 0 fully saturated rings. The molecule has 88 valence electrons. The minimum Gasteiger partial charge on any atom is -0.331 e. The van der Waals surface area contributed by atoms with E-state index in [4.69, 9.17) is 9.79 Å². The molecule has 16 heavy (non-hydrogen) atoms. The Balaban J connectivity index is 3.05. The molecule has 9 heteroatoms. The van der Waals surface area contributed by atoms with Crippen molar-refractivity contribution in [1.82, 2.24) is 0 Å². The number of aldehydes is 1. The molecule has 0 aromatic heterocycles. The second kappa shape index (κ2) is 5.82. The molecular formula is C7H10N2O5P2. The Hall–Kier alpha value is -1.13. The van der Waals surface area contributed by atoms with Crippen LogP contribution < -0.4 is 10.2 Å². The molecule has 0 aliphatic heterocycles. The van der Waals surface area contributed by atoms with Gasteiger partial charge in [0.2, 0.25) is 0 Å². The molecule has 7 nitrogen and oxygen atoms in total. The van der Waals surface area contributed by atoms with Gasteiger partial charge in [-0.2, -0.15) is 0 Å². The van der Waals surface area contributed by atoms with Crippen LogP contribution in [0.25, 0.3) is 0 Å². The summed E-state index contributed by atoms with van der Waals surface area (Å²) in [6, 6.07) is 4.09. The van der Waals surface area contributed by atoms with Crippen molar-refractivity contribution in [3.63, 3.8) is 0 Å². The van der Waals surface area contributed by atoms with Crippen molar-refractivity contribution in [2.75, 3.05) is 10.2 Å². The highest BCUT2D eigenvalue weighted by molar-refractivity contribution is 7.40. The molecule has 2 atom stereocenters. The first-order valence-electron chi connectivity index (χ1n) is 4.12. The fourth-order valence-corrected chi connectivity index (χ4v) is 1.93. The zero-order valence-electron chi connectivity index (χ0n) is 7.93. The largest absolute Gasteiger partial charge is 0.331 e. The van der Waals surface area contributed by atoms with Crippen molar-refractivity contribution in [2.24, 2.45) is 0 Å². The Morgan fingerprint density at radius 1 is 1.12 bits per heavy atom. The molecule has 1 aromatic rings. The lowest BCUT2D eigenvalue weighted by Gasteiger charge is -2.08. The SMILES string of the molecule is O=Cc1ccc(N[PH](=O)O)cc1N[PH](=O)O. The highest BCUT2D eigenvalue weighted by atomic mass is 31.1. The smallest absolute Gasteiger partial charge is 0.279 e. The van der Waals surface area contributed by atoms with Crippen molar-refractivity contribution in [3.8, 4) is 0 Å². The van der Waals surface area contributed by atoms with Gasteiger partial charge in [0.1, 0.15) is 0 Å². The maximum atomic E-state index is 10.6. The Kier molecular flexibility index (Phi) is 4.71. The number of nitrogens with one attached hydrogen (secondary N) is 2. The minimum absolute atomic E-state index is 0.134. The van der Waals surface area contributed by atoms with Crippen LogP contribution in [0.2, 0.25) is 0 Å². The van der Waals surface area contributed by atoms with Gasteiger partial charge in [0.15, 0.2) is 6.29 Å². The van der Waals surface area contributed by atoms with Gasteiger partial charge in [-0.15, -0.1) is 0 Å². The molecule has 0 bridgehead atoms. The number of benzene rings is 1. The maximum absolute atomic E-state index is 10.6. The number of carbonyl (C=O) groups is 1. The third kappa shape index (κ3) is 3.79. The summed E-state index contributed by atoms with van der Waals surface area (Å²) < 4.78 is 21.1. The van der Waals surface area contributed by atoms with Crippen LogP contribution in [0, 0.1) is 0 Å². The summed E-state index contributed by atoms with van der Waals surface area (Å²) in [4.78, 5) is 27.9. The van der Waals surface area contributed by atoms with Crippen LogP contribution in [0.4, 0.5) is 11.4 Å². The molecular weight excluding hydrogens is 254 g/mol. The summed E-state index contributed by atoms with van der Waals surface area (Å²) in [5.41, 5.74) is 0.605. The Morgan fingerprint density at radius 2 is 1.75 bits per heavy atom. The standard InChI is InChI=1S/C7H10N2O5P2/c10-4-5-1-2-6(8-15(11)12)3-7(5)9-16(13)14/h1-4,15-16H,(H2,8,11,12)(H2,9,13,14). The second-order valence-corrected chi connectivity index (χ2v) is 4.50. The monoisotopic (exact) mass is 264 g/mol. The predicted molar refractivity (Wildman–Crippen MR) is 61.5 cm³/mol. The fourth-order valence-electron chi connectivity index (χ4n) is 1.08. The normalized spacial score (nSPS) is 13.9. The number of carbonyl (C=O) groups excluding carboxylic acids is 1. The van der Waals surface area contributed by atoms with Gasteiger partial charge in [0.05, 0.1) is 5.69 Å². The van der Waals surface area contributed by atoms with Gasteiger partial charge < -0.3 is 20.0 Å². The van der Waals surface area contributed by atoms with E-state index in [1.54, 1.807) is 0 Å². The summed E-state index contributed by atoms with van der Waals surface area (Å²) in [5.74, 6) is 0. The van der Waals surface area contributed by atoms with E-state index in [1.807, 2.05) is 0 Å². The quantitative estimate of drug-likeness (QED) is 0.464. The Morgan fingerprint density at radius 3 is 2.25 bits per heavy atom. The van der Waals surface area contributed by atoms with Crippen LogP contribution in [0.5, 0.6) is 0 Å². The highest BCUT2D eigenvalue weighted by Gasteiger charge is 2.05. The van der Waals surface area contributed by atoms with Crippen LogP contribution >= 0.6 is 16.4 Å². The summed E-state index contributed by atoms with van der Waals surface area (Å²) in [6.45, 7) is 0. The van der Waals surface area contributed by atoms with E-state index in [0.717, 1.165) is 0 Å². The zero-order valence-corrected chi connectivity index (χ0v) is 9.93. The van der Waals surface area contributed by atoms with Crippen LogP contribution in [-0.2, 0) is 9.13 Å². The van der Waals surface area contributed by atoms with E-state index >= 15 is 0 Å². The number of anilines is 2. The molecule has 0 amide bonds. The van der Waals surface area contributed by atoms with Gasteiger partial charge >= 0.3 is 0 Å². The first kappa shape index (κ1) is 12.9. The van der Waals surface area contributed by atoms with Gasteiger partial charge in [-0.25, -0.2) is 0 Å².